The van der Waals surface area contributed by atoms with Crippen molar-refractivity contribution in [2.24, 2.45) is 11.0 Å². The number of carbonyl (C=O) groups is 2. The van der Waals surface area contributed by atoms with Crippen LogP contribution in [0.4, 0.5) is 4.79 Å². The third kappa shape index (κ3) is 2.55. The maximum Gasteiger partial charge on any atom is 0.346 e. The highest BCUT2D eigenvalue weighted by Gasteiger charge is 2.52. The molecule has 5 heteroatoms. The summed E-state index contributed by atoms with van der Waals surface area (Å²) in [5.74, 6) is 0.397. The molecule has 2 fully saturated rings. The van der Waals surface area contributed by atoms with Gasteiger partial charge in [-0.1, -0.05) is 37.3 Å². The number of benzene rings is 1. The van der Waals surface area contributed by atoms with Gasteiger partial charge < -0.3 is 5.32 Å². The fourth-order valence-electron chi connectivity index (χ4n) is 2.97. The van der Waals surface area contributed by atoms with Gasteiger partial charge in [0.1, 0.15) is 5.54 Å². The smallest absolute Gasteiger partial charge is 0.321 e. The van der Waals surface area contributed by atoms with Gasteiger partial charge in [-0.25, -0.2) is 4.79 Å². The molecule has 1 N–H and O–H groups in total. The molecular formula is C16H19N3O2. The molecule has 1 saturated heterocycles. The largest absolute Gasteiger partial charge is 0.346 e. The van der Waals surface area contributed by atoms with Crippen molar-refractivity contribution in [2.75, 3.05) is 0 Å². The molecule has 1 aromatic carbocycles. The maximum atomic E-state index is 12.5. The van der Waals surface area contributed by atoms with Crippen LogP contribution in [0.15, 0.2) is 35.4 Å². The Morgan fingerprint density at radius 3 is 2.57 bits per heavy atom. The Balaban J connectivity index is 1.77. The lowest BCUT2D eigenvalue weighted by molar-refractivity contribution is -0.132. The molecule has 5 nitrogen and oxygen atoms in total. The summed E-state index contributed by atoms with van der Waals surface area (Å²) in [4.78, 5) is 24.6. The summed E-state index contributed by atoms with van der Waals surface area (Å²) in [6.45, 7) is 2.18. The van der Waals surface area contributed by atoms with Crippen molar-refractivity contribution in [3.05, 3.63) is 35.9 Å². The number of urea groups is 1. The topological polar surface area (TPSA) is 61.8 Å². The maximum absolute atomic E-state index is 12.5. The lowest BCUT2D eigenvalue weighted by atomic mass is 9.77. The first-order valence-electron chi connectivity index (χ1n) is 7.36. The molecule has 0 radical (unpaired) electrons. The molecule has 1 spiro atoms. The van der Waals surface area contributed by atoms with E-state index in [0.717, 1.165) is 23.4 Å². The van der Waals surface area contributed by atoms with Gasteiger partial charge in [0.2, 0.25) is 0 Å². The van der Waals surface area contributed by atoms with Gasteiger partial charge >= 0.3 is 6.03 Å². The molecule has 3 amide bonds. The number of carbonyl (C=O) groups excluding carboxylic acids is 2. The van der Waals surface area contributed by atoms with Crippen LogP contribution in [-0.4, -0.2) is 28.7 Å². The Kier molecular flexibility index (Phi) is 3.49. The molecule has 1 aliphatic carbocycles. The molecule has 1 saturated carbocycles. The fourth-order valence-corrected chi connectivity index (χ4v) is 2.97. The summed E-state index contributed by atoms with van der Waals surface area (Å²) in [5, 5.41) is 7.90. The highest BCUT2D eigenvalue weighted by Crippen LogP contribution is 2.36. The van der Waals surface area contributed by atoms with Gasteiger partial charge in [-0.15, -0.1) is 5.01 Å². The van der Waals surface area contributed by atoms with E-state index in [1.54, 1.807) is 6.21 Å². The minimum absolute atomic E-state index is 0.216. The van der Waals surface area contributed by atoms with Crippen LogP contribution in [0.3, 0.4) is 0 Å². The number of amides is 3. The molecule has 21 heavy (non-hydrogen) atoms. The van der Waals surface area contributed by atoms with Crippen LogP contribution in [-0.2, 0) is 4.79 Å². The number of imide groups is 1. The van der Waals surface area contributed by atoms with Gasteiger partial charge in [-0.3, -0.25) is 4.79 Å². The van der Waals surface area contributed by atoms with E-state index in [1.807, 2.05) is 30.3 Å². The van der Waals surface area contributed by atoms with Gasteiger partial charge in [0, 0.05) is 0 Å². The van der Waals surface area contributed by atoms with Gasteiger partial charge in [0.15, 0.2) is 0 Å². The summed E-state index contributed by atoms with van der Waals surface area (Å²) in [6.07, 6.45) is 4.87. The molecular weight excluding hydrogens is 266 g/mol. The summed E-state index contributed by atoms with van der Waals surface area (Å²) < 4.78 is 0. The minimum Gasteiger partial charge on any atom is -0.321 e. The van der Waals surface area contributed by atoms with Crippen molar-refractivity contribution in [3.8, 4) is 0 Å². The van der Waals surface area contributed by atoms with Crippen molar-refractivity contribution in [1.82, 2.24) is 10.3 Å². The molecule has 1 aromatic rings. The van der Waals surface area contributed by atoms with Crippen LogP contribution in [0.1, 0.15) is 38.2 Å². The van der Waals surface area contributed by atoms with Crippen LogP contribution < -0.4 is 5.32 Å². The number of hydrogen-bond acceptors (Lipinski definition) is 3. The Bertz CT molecular complexity index is 574. The van der Waals surface area contributed by atoms with Gasteiger partial charge in [-0.2, -0.15) is 5.10 Å². The number of nitrogens with zero attached hydrogens (tertiary/aromatic N) is 2. The number of nitrogens with one attached hydrogen (secondary N) is 1. The summed E-state index contributed by atoms with van der Waals surface area (Å²) >= 11 is 0. The van der Waals surface area contributed by atoms with Crippen LogP contribution in [0.2, 0.25) is 0 Å². The summed E-state index contributed by atoms with van der Waals surface area (Å²) in [6, 6.07) is 9.01. The third-order valence-electron chi connectivity index (χ3n) is 4.39. The second kappa shape index (κ2) is 5.31. The van der Waals surface area contributed by atoms with Crippen LogP contribution in [0, 0.1) is 5.92 Å². The van der Waals surface area contributed by atoms with E-state index in [4.69, 9.17) is 0 Å². The van der Waals surface area contributed by atoms with Gasteiger partial charge in [0.25, 0.3) is 5.91 Å². The van der Waals surface area contributed by atoms with E-state index < -0.39 is 11.6 Å². The van der Waals surface area contributed by atoms with E-state index in [0.29, 0.717) is 18.8 Å². The summed E-state index contributed by atoms with van der Waals surface area (Å²) in [5.41, 5.74) is 0.133. The highest BCUT2D eigenvalue weighted by atomic mass is 16.2. The predicted molar refractivity (Wildman–Crippen MR) is 79.8 cm³/mol. The second-order valence-corrected chi connectivity index (χ2v) is 5.97. The minimum atomic E-state index is -0.725. The standard InChI is InChI=1S/C16H19N3O2/c1-12-7-9-16(10-8-12)14(20)19(15(21)18-16)17-11-13-5-3-2-4-6-13/h2-6,11-12H,7-10H2,1H3,(H,18,21)/b17-11+. The lowest BCUT2D eigenvalue weighted by Crippen LogP contribution is -2.49. The van der Waals surface area contributed by atoms with Crippen LogP contribution in [0.25, 0.3) is 0 Å². The SMILES string of the molecule is CC1CCC2(CC1)NC(=O)N(/N=C/c1ccccc1)C2=O. The second-order valence-electron chi connectivity index (χ2n) is 5.97. The molecule has 3 rings (SSSR count). The van der Waals surface area contributed by atoms with Gasteiger partial charge in [0.05, 0.1) is 6.21 Å². The molecule has 0 aromatic heterocycles. The number of hydrazone groups is 1. The molecule has 2 aliphatic rings. The van der Waals surface area contributed by atoms with E-state index in [1.165, 1.54) is 0 Å². The summed E-state index contributed by atoms with van der Waals surface area (Å²) in [7, 11) is 0. The molecule has 0 atom stereocenters. The average Bonchev–Trinajstić information content (AvgIpc) is 2.73. The zero-order valence-electron chi connectivity index (χ0n) is 12.1. The first kappa shape index (κ1) is 13.8. The van der Waals surface area contributed by atoms with Crippen LogP contribution in [0.5, 0.6) is 0 Å². The zero-order valence-corrected chi connectivity index (χ0v) is 12.1. The number of hydrogen-bond donors (Lipinski definition) is 1. The van der Waals surface area contributed by atoms with E-state index >= 15 is 0 Å². The predicted octanol–water partition coefficient (Wildman–Crippen LogP) is 2.52. The lowest BCUT2D eigenvalue weighted by Gasteiger charge is -2.33. The first-order chi connectivity index (χ1) is 10.1. The fraction of sp³-hybridized carbons (Fsp3) is 0.438. The van der Waals surface area contributed by atoms with Crippen molar-refractivity contribution in [3.63, 3.8) is 0 Å². The molecule has 1 heterocycles. The molecule has 0 unspecified atom stereocenters. The zero-order chi connectivity index (χ0) is 14.9. The van der Waals surface area contributed by atoms with E-state index in [-0.39, 0.29) is 5.91 Å². The van der Waals surface area contributed by atoms with Gasteiger partial charge in [-0.05, 0) is 37.2 Å². The normalized spacial score (nSPS) is 29.4. The first-order valence-corrected chi connectivity index (χ1v) is 7.36. The Morgan fingerprint density at radius 1 is 1.24 bits per heavy atom. The van der Waals surface area contributed by atoms with Crippen molar-refractivity contribution < 1.29 is 9.59 Å². The average molecular weight is 285 g/mol. The third-order valence-corrected chi connectivity index (χ3v) is 4.39. The van der Waals surface area contributed by atoms with Crippen molar-refractivity contribution >= 4 is 18.2 Å². The monoisotopic (exact) mass is 285 g/mol. The quantitative estimate of drug-likeness (QED) is 0.670. The molecule has 110 valence electrons. The Hall–Kier alpha value is -2.17. The Labute approximate surface area is 124 Å². The van der Waals surface area contributed by atoms with E-state index in [2.05, 4.69) is 17.3 Å². The van der Waals surface area contributed by atoms with E-state index in [9.17, 15) is 9.59 Å². The Morgan fingerprint density at radius 2 is 1.90 bits per heavy atom. The van der Waals surface area contributed by atoms with Crippen LogP contribution >= 0.6 is 0 Å². The number of rotatable bonds is 2. The van der Waals surface area contributed by atoms with Crippen molar-refractivity contribution in [2.45, 2.75) is 38.1 Å². The molecule has 0 bridgehead atoms. The molecule has 1 aliphatic heterocycles. The van der Waals surface area contributed by atoms with Crippen molar-refractivity contribution in [1.29, 1.82) is 0 Å². The highest BCUT2D eigenvalue weighted by molar-refractivity contribution is 6.07.